The van der Waals surface area contributed by atoms with Gasteiger partial charge in [0.15, 0.2) is 0 Å². The molecule has 2 fully saturated rings. The van der Waals surface area contributed by atoms with Crippen LogP contribution in [0.4, 0.5) is 5.69 Å². The molecule has 2 aliphatic carbocycles. The molecule has 156 valence electrons. The van der Waals surface area contributed by atoms with Crippen LogP contribution in [0.5, 0.6) is 0 Å². The van der Waals surface area contributed by atoms with Gasteiger partial charge in [0.05, 0.1) is 11.9 Å². The highest BCUT2D eigenvalue weighted by molar-refractivity contribution is 7.99. The van der Waals surface area contributed by atoms with Gasteiger partial charge in [-0.25, -0.2) is 4.98 Å². The zero-order valence-corrected chi connectivity index (χ0v) is 19.1. The Labute approximate surface area is 184 Å². The third-order valence-electron chi connectivity index (χ3n) is 6.54. The van der Waals surface area contributed by atoms with E-state index in [0.29, 0.717) is 11.3 Å². The second-order valence-electron chi connectivity index (χ2n) is 9.99. The summed E-state index contributed by atoms with van der Waals surface area (Å²) in [5.41, 5.74) is 7.10. The zero-order chi connectivity index (χ0) is 21.5. The number of benzene rings is 1. The first-order chi connectivity index (χ1) is 14.2. The number of hydrogen-bond donors (Lipinski definition) is 1. The van der Waals surface area contributed by atoms with Crippen molar-refractivity contribution in [3.8, 4) is 0 Å². The number of aromatic nitrogens is 1. The lowest BCUT2D eigenvalue weighted by Crippen LogP contribution is -2.16. The SMILES string of the molecule is C=C=C(Cc1ccc(Sc2ccc(NC(=O)C3CC3(C)C)cn2)cc1)C1CC1(C)C. The molecule has 0 radical (unpaired) electrons. The van der Waals surface area contributed by atoms with E-state index >= 15 is 0 Å². The van der Waals surface area contributed by atoms with Crippen LogP contribution in [0.3, 0.4) is 0 Å². The van der Waals surface area contributed by atoms with E-state index in [-0.39, 0.29) is 17.2 Å². The summed E-state index contributed by atoms with van der Waals surface area (Å²) >= 11 is 1.63. The maximum absolute atomic E-state index is 12.2. The van der Waals surface area contributed by atoms with E-state index in [9.17, 15) is 4.79 Å². The number of pyridine rings is 1. The largest absolute Gasteiger partial charge is 0.324 e. The number of rotatable bonds is 7. The van der Waals surface area contributed by atoms with Crippen molar-refractivity contribution in [2.45, 2.75) is 56.9 Å². The van der Waals surface area contributed by atoms with Gasteiger partial charge in [-0.1, -0.05) is 58.2 Å². The minimum atomic E-state index is 0.0975. The van der Waals surface area contributed by atoms with Crippen molar-refractivity contribution in [2.24, 2.45) is 22.7 Å². The van der Waals surface area contributed by atoms with E-state index in [1.807, 2.05) is 12.1 Å². The van der Waals surface area contributed by atoms with Gasteiger partial charge in [0.1, 0.15) is 5.03 Å². The van der Waals surface area contributed by atoms with Crippen LogP contribution in [-0.2, 0) is 11.2 Å². The summed E-state index contributed by atoms with van der Waals surface area (Å²) in [6, 6.07) is 12.5. The van der Waals surface area contributed by atoms with Crippen LogP contribution in [0.15, 0.2) is 70.4 Å². The van der Waals surface area contributed by atoms with E-state index in [4.69, 9.17) is 0 Å². The van der Waals surface area contributed by atoms with Crippen molar-refractivity contribution < 1.29 is 4.79 Å². The molecule has 0 bridgehead atoms. The second kappa shape index (κ2) is 7.76. The molecule has 2 atom stereocenters. The molecule has 1 N–H and O–H groups in total. The highest BCUT2D eigenvalue weighted by Gasteiger charge is 2.50. The fraction of sp³-hybridized carbons (Fsp3) is 0.423. The maximum Gasteiger partial charge on any atom is 0.228 e. The lowest BCUT2D eigenvalue weighted by atomic mass is 9.97. The number of nitrogens with one attached hydrogen (secondary N) is 1. The third kappa shape index (κ3) is 4.71. The molecule has 0 aliphatic heterocycles. The first kappa shape index (κ1) is 21.0. The molecule has 4 heteroatoms. The molecular weight excluding hydrogens is 388 g/mol. The number of allylic oxidation sites excluding steroid dienone is 1. The molecule has 1 amide bonds. The Morgan fingerprint density at radius 1 is 1.10 bits per heavy atom. The normalized spacial score (nSPS) is 22.7. The second-order valence-corrected chi connectivity index (χ2v) is 11.1. The predicted molar refractivity (Wildman–Crippen MR) is 124 cm³/mol. The maximum atomic E-state index is 12.2. The summed E-state index contributed by atoms with van der Waals surface area (Å²) in [5, 5.41) is 3.89. The molecule has 2 aliphatic rings. The summed E-state index contributed by atoms with van der Waals surface area (Å²) in [4.78, 5) is 17.9. The number of amides is 1. The van der Waals surface area contributed by atoms with Gasteiger partial charge >= 0.3 is 0 Å². The lowest BCUT2D eigenvalue weighted by Gasteiger charge is -2.09. The van der Waals surface area contributed by atoms with Gasteiger partial charge in [-0.15, -0.1) is 5.73 Å². The number of anilines is 1. The predicted octanol–water partition coefficient (Wildman–Crippen LogP) is 6.52. The molecular formula is C26H30N2OS. The molecule has 0 spiro atoms. The van der Waals surface area contributed by atoms with E-state index in [0.717, 1.165) is 28.5 Å². The number of carbonyl (C=O) groups is 1. The molecule has 2 saturated carbocycles. The average molecular weight is 419 g/mol. The molecule has 1 aromatic carbocycles. The van der Waals surface area contributed by atoms with E-state index in [1.54, 1.807) is 18.0 Å². The smallest absolute Gasteiger partial charge is 0.228 e. The Bertz CT molecular complexity index is 998. The van der Waals surface area contributed by atoms with Crippen molar-refractivity contribution in [3.05, 3.63) is 66.0 Å². The van der Waals surface area contributed by atoms with Crippen LogP contribution in [-0.4, -0.2) is 10.9 Å². The van der Waals surface area contributed by atoms with Gasteiger partial charge in [-0.2, -0.15) is 0 Å². The Morgan fingerprint density at radius 3 is 2.23 bits per heavy atom. The summed E-state index contributed by atoms with van der Waals surface area (Å²) < 4.78 is 0. The van der Waals surface area contributed by atoms with Gasteiger partial charge in [-0.3, -0.25) is 4.79 Å². The Balaban J connectivity index is 1.32. The van der Waals surface area contributed by atoms with Crippen LogP contribution in [0.25, 0.3) is 0 Å². The summed E-state index contributed by atoms with van der Waals surface area (Å²) in [7, 11) is 0. The van der Waals surface area contributed by atoms with Gasteiger partial charge in [0, 0.05) is 17.2 Å². The highest BCUT2D eigenvalue weighted by atomic mass is 32.2. The number of carbonyl (C=O) groups excluding carboxylic acids is 1. The van der Waals surface area contributed by atoms with Crippen molar-refractivity contribution in [2.75, 3.05) is 5.32 Å². The van der Waals surface area contributed by atoms with Crippen LogP contribution in [0, 0.1) is 22.7 Å². The Morgan fingerprint density at radius 2 is 1.73 bits per heavy atom. The van der Waals surface area contributed by atoms with Crippen molar-refractivity contribution in [3.63, 3.8) is 0 Å². The van der Waals surface area contributed by atoms with E-state index in [1.165, 1.54) is 17.6 Å². The standard InChI is InChI=1S/C26H30N2OS/c1-6-18(21-14-25(21,2)3)13-17-7-10-20(11-8-17)30-23-12-9-19(16-27-23)28-24(29)22-15-26(22,4)5/h7-12,16,21-22H,1,13-15H2,2-5H3,(H,28,29). The third-order valence-corrected chi connectivity index (χ3v) is 7.49. The Kier molecular flexibility index (Phi) is 5.42. The molecule has 1 aromatic heterocycles. The summed E-state index contributed by atoms with van der Waals surface area (Å²) in [6.45, 7) is 12.8. The molecule has 1 heterocycles. The first-order valence-corrected chi connectivity index (χ1v) is 11.4. The summed E-state index contributed by atoms with van der Waals surface area (Å²) in [5.74, 6) is 0.839. The van der Waals surface area contributed by atoms with E-state index < -0.39 is 0 Å². The van der Waals surface area contributed by atoms with Crippen molar-refractivity contribution >= 4 is 23.4 Å². The lowest BCUT2D eigenvalue weighted by molar-refractivity contribution is -0.118. The first-order valence-electron chi connectivity index (χ1n) is 10.6. The molecule has 2 aromatic rings. The minimum absolute atomic E-state index is 0.0975. The fourth-order valence-electron chi connectivity index (χ4n) is 4.05. The van der Waals surface area contributed by atoms with Gasteiger partial charge in [0.25, 0.3) is 0 Å². The monoisotopic (exact) mass is 418 g/mol. The topological polar surface area (TPSA) is 42.0 Å². The number of hydrogen-bond acceptors (Lipinski definition) is 3. The van der Waals surface area contributed by atoms with Crippen LogP contribution >= 0.6 is 11.8 Å². The average Bonchev–Trinajstić information content (AvgIpc) is 3.56. The minimum Gasteiger partial charge on any atom is -0.324 e. The van der Waals surface area contributed by atoms with Crippen LogP contribution in [0.1, 0.15) is 46.1 Å². The number of nitrogens with zero attached hydrogens (tertiary/aromatic N) is 1. The van der Waals surface area contributed by atoms with Crippen molar-refractivity contribution in [1.82, 2.24) is 4.98 Å². The zero-order valence-electron chi connectivity index (χ0n) is 18.3. The van der Waals surface area contributed by atoms with Gasteiger partial charge < -0.3 is 5.32 Å². The molecule has 3 nitrogen and oxygen atoms in total. The highest BCUT2D eigenvalue weighted by Crippen LogP contribution is 2.56. The molecule has 0 saturated heterocycles. The Hall–Kier alpha value is -2.29. The molecule has 2 unspecified atom stereocenters. The van der Waals surface area contributed by atoms with Crippen LogP contribution < -0.4 is 5.32 Å². The quantitative estimate of drug-likeness (QED) is 0.521. The molecule has 4 rings (SSSR count). The van der Waals surface area contributed by atoms with Gasteiger partial charge in [-0.05, 0) is 65.0 Å². The van der Waals surface area contributed by atoms with Crippen LogP contribution in [0.2, 0.25) is 0 Å². The molecule has 30 heavy (non-hydrogen) atoms. The van der Waals surface area contributed by atoms with Crippen molar-refractivity contribution in [1.29, 1.82) is 0 Å². The fourth-order valence-corrected chi connectivity index (χ4v) is 4.80. The summed E-state index contributed by atoms with van der Waals surface area (Å²) in [6.07, 6.45) is 4.85. The van der Waals surface area contributed by atoms with E-state index in [2.05, 4.69) is 74.6 Å². The van der Waals surface area contributed by atoms with Gasteiger partial charge in [0.2, 0.25) is 5.91 Å².